The standard InChI is InChI=1S/C19H15FN4OS/c1-11-3-8-16-17(9-11)26-19(22-16)21-10-15-12(2)23-24(18(15)25)14-6-4-13(20)5-7-14/h3-10,23H,1-2H3. The van der Waals surface area contributed by atoms with Gasteiger partial charge in [0.15, 0.2) is 0 Å². The molecule has 1 N–H and O–H groups in total. The van der Waals surface area contributed by atoms with Gasteiger partial charge in [0.05, 0.1) is 21.5 Å². The predicted molar refractivity (Wildman–Crippen MR) is 103 cm³/mol. The van der Waals surface area contributed by atoms with Crippen LogP contribution in [0.1, 0.15) is 16.8 Å². The minimum Gasteiger partial charge on any atom is -0.295 e. The lowest BCUT2D eigenvalue weighted by Crippen LogP contribution is -2.17. The molecule has 0 fully saturated rings. The van der Waals surface area contributed by atoms with Crippen molar-refractivity contribution in [2.45, 2.75) is 13.8 Å². The summed E-state index contributed by atoms with van der Waals surface area (Å²) in [5.74, 6) is -0.349. The van der Waals surface area contributed by atoms with Crippen LogP contribution in [0.3, 0.4) is 0 Å². The SMILES string of the molecule is Cc1ccc2nc(N=Cc3c(C)[nH]n(-c4ccc(F)cc4)c3=O)sc2c1. The highest BCUT2D eigenvalue weighted by Crippen LogP contribution is 2.28. The molecule has 2 aromatic heterocycles. The fourth-order valence-corrected chi connectivity index (χ4v) is 3.59. The van der Waals surface area contributed by atoms with E-state index in [4.69, 9.17) is 0 Å². The summed E-state index contributed by atoms with van der Waals surface area (Å²) in [6.45, 7) is 3.83. The number of thiazole rings is 1. The van der Waals surface area contributed by atoms with Crippen LogP contribution in [0.15, 0.2) is 52.3 Å². The van der Waals surface area contributed by atoms with Gasteiger partial charge in [-0.15, -0.1) is 0 Å². The second-order valence-corrected chi connectivity index (χ2v) is 7.00. The molecule has 130 valence electrons. The summed E-state index contributed by atoms with van der Waals surface area (Å²) < 4.78 is 15.5. The predicted octanol–water partition coefficient (Wildman–Crippen LogP) is 4.28. The van der Waals surface area contributed by atoms with E-state index in [1.54, 1.807) is 19.1 Å². The first-order chi connectivity index (χ1) is 12.5. The molecule has 0 saturated carbocycles. The van der Waals surface area contributed by atoms with Gasteiger partial charge < -0.3 is 0 Å². The third-order valence-electron chi connectivity index (χ3n) is 4.04. The number of hydrogen-bond donors (Lipinski definition) is 1. The van der Waals surface area contributed by atoms with Crippen LogP contribution in [-0.4, -0.2) is 21.0 Å². The van der Waals surface area contributed by atoms with Crippen molar-refractivity contribution in [1.82, 2.24) is 14.8 Å². The summed E-state index contributed by atoms with van der Waals surface area (Å²) in [6, 6.07) is 11.8. The third-order valence-corrected chi connectivity index (χ3v) is 4.96. The topological polar surface area (TPSA) is 63.0 Å². The average molecular weight is 366 g/mol. The molecule has 0 saturated heterocycles. The Bertz CT molecular complexity index is 1180. The first-order valence-electron chi connectivity index (χ1n) is 8.00. The van der Waals surface area contributed by atoms with Crippen LogP contribution in [0, 0.1) is 19.7 Å². The summed E-state index contributed by atoms with van der Waals surface area (Å²) >= 11 is 1.48. The Balaban J connectivity index is 1.70. The van der Waals surface area contributed by atoms with Crippen LogP contribution < -0.4 is 5.56 Å². The van der Waals surface area contributed by atoms with Crippen LogP contribution in [0.2, 0.25) is 0 Å². The maximum atomic E-state index is 13.1. The van der Waals surface area contributed by atoms with Crippen LogP contribution in [-0.2, 0) is 0 Å². The maximum absolute atomic E-state index is 13.1. The molecule has 0 aliphatic heterocycles. The lowest BCUT2D eigenvalue weighted by Gasteiger charge is -2.00. The Morgan fingerprint density at radius 3 is 2.73 bits per heavy atom. The van der Waals surface area contributed by atoms with E-state index in [1.165, 1.54) is 39.9 Å². The monoisotopic (exact) mass is 366 g/mol. The number of nitrogens with one attached hydrogen (secondary N) is 1. The van der Waals surface area contributed by atoms with Gasteiger partial charge in [-0.05, 0) is 55.8 Å². The van der Waals surface area contributed by atoms with Gasteiger partial charge in [-0.1, -0.05) is 17.4 Å². The summed E-state index contributed by atoms with van der Waals surface area (Å²) in [6.07, 6.45) is 1.53. The Kier molecular flexibility index (Phi) is 4.00. The highest BCUT2D eigenvalue weighted by Gasteiger charge is 2.11. The molecule has 0 aliphatic rings. The average Bonchev–Trinajstić information content (AvgIpc) is 3.14. The number of benzene rings is 2. The molecule has 26 heavy (non-hydrogen) atoms. The van der Waals surface area contributed by atoms with Crippen LogP contribution in [0.25, 0.3) is 15.9 Å². The van der Waals surface area contributed by atoms with E-state index in [2.05, 4.69) is 21.1 Å². The van der Waals surface area contributed by atoms with E-state index in [0.29, 0.717) is 22.1 Å². The normalized spacial score (nSPS) is 11.7. The van der Waals surface area contributed by atoms with Crippen molar-refractivity contribution in [3.05, 3.63) is 75.5 Å². The quantitative estimate of drug-likeness (QED) is 0.550. The van der Waals surface area contributed by atoms with Gasteiger partial charge in [-0.3, -0.25) is 9.89 Å². The van der Waals surface area contributed by atoms with Crippen molar-refractivity contribution in [2.24, 2.45) is 4.99 Å². The Labute approximate surface area is 152 Å². The number of aryl methyl sites for hydroxylation is 2. The van der Waals surface area contributed by atoms with Gasteiger partial charge in [-0.2, -0.15) is 0 Å². The number of aromatic amines is 1. The summed E-state index contributed by atoms with van der Waals surface area (Å²) in [7, 11) is 0. The summed E-state index contributed by atoms with van der Waals surface area (Å²) in [5.41, 5.74) is 3.51. The molecule has 2 heterocycles. The summed E-state index contributed by atoms with van der Waals surface area (Å²) in [4.78, 5) is 21.5. The second kappa shape index (κ2) is 6.34. The molecular formula is C19H15FN4OS. The molecule has 0 radical (unpaired) electrons. The number of hydrogen-bond acceptors (Lipinski definition) is 4. The molecule has 4 rings (SSSR count). The lowest BCUT2D eigenvalue weighted by atomic mass is 10.2. The molecule has 2 aromatic carbocycles. The zero-order chi connectivity index (χ0) is 18.3. The fourth-order valence-electron chi connectivity index (χ4n) is 2.68. The zero-order valence-electron chi connectivity index (χ0n) is 14.2. The van der Waals surface area contributed by atoms with Gasteiger partial charge in [0, 0.05) is 11.9 Å². The van der Waals surface area contributed by atoms with E-state index in [-0.39, 0.29) is 11.4 Å². The Morgan fingerprint density at radius 1 is 1.19 bits per heavy atom. The molecule has 5 nitrogen and oxygen atoms in total. The van der Waals surface area contributed by atoms with Crippen molar-refractivity contribution >= 4 is 32.9 Å². The Morgan fingerprint density at radius 2 is 1.96 bits per heavy atom. The molecule has 0 spiro atoms. The van der Waals surface area contributed by atoms with E-state index in [0.717, 1.165) is 10.2 Å². The highest BCUT2D eigenvalue weighted by atomic mass is 32.1. The minimum atomic E-state index is -0.349. The number of nitrogens with zero attached hydrogens (tertiary/aromatic N) is 3. The highest BCUT2D eigenvalue weighted by molar-refractivity contribution is 7.22. The maximum Gasteiger partial charge on any atom is 0.280 e. The van der Waals surface area contributed by atoms with Crippen molar-refractivity contribution in [3.8, 4) is 5.69 Å². The van der Waals surface area contributed by atoms with Gasteiger partial charge in [0.1, 0.15) is 5.82 Å². The van der Waals surface area contributed by atoms with Crippen LogP contribution in [0.4, 0.5) is 9.52 Å². The van der Waals surface area contributed by atoms with Crippen molar-refractivity contribution < 1.29 is 4.39 Å². The van der Waals surface area contributed by atoms with E-state index < -0.39 is 0 Å². The van der Waals surface area contributed by atoms with Gasteiger partial charge in [0.25, 0.3) is 5.56 Å². The van der Waals surface area contributed by atoms with Crippen LogP contribution in [0.5, 0.6) is 0 Å². The molecule has 0 aliphatic carbocycles. The van der Waals surface area contributed by atoms with Gasteiger partial charge >= 0.3 is 0 Å². The largest absolute Gasteiger partial charge is 0.295 e. The van der Waals surface area contributed by atoms with E-state index in [1.807, 2.05) is 19.1 Å². The lowest BCUT2D eigenvalue weighted by molar-refractivity contribution is 0.627. The van der Waals surface area contributed by atoms with Crippen molar-refractivity contribution in [3.63, 3.8) is 0 Å². The number of H-pyrrole nitrogens is 1. The number of aliphatic imine (C=N–C) groups is 1. The first kappa shape index (κ1) is 16.4. The molecule has 0 atom stereocenters. The van der Waals surface area contributed by atoms with Gasteiger partial charge in [0.2, 0.25) is 5.13 Å². The second-order valence-electron chi connectivity index (χ2n) is 5.99. The van der Waals surface area contributed by atoms with Crippen molar-refractivity contribution in [1.29, 1.82) is 0 Å². The minimum absolute atomic E-state index is 0.241. The molecule has 0 unspecified atom stereocenters. The number of halogens is 1. The number of aromatic nitrogens is 3. The first-order valence-corrected chi connectivity index (χ1v) is 8.82. The molecule has 4 aromatic rings. The number of rotatable bonds is 3. The van der Waals surface area contributed by atoms with E-state index >= 15 is 0 Å². The van der Waals surface area contributed by atoms with Gasteiger partial charge in [-0.25, -0.2) is 19.0 Å². The fraction of sp³-hybridized carbons (Fsp3) is 0.105. The molecule has 0 amide bonds. The molecular weight excluding hydrogens is 351 g/mol. The smallest absolute Gasteiger partial charge is 0.280 e. The Hall–Kier alpha value is -3.06. The third kappa shape index (κ3) is 2.97. The van der Waals surface area contributed by atoms with Crippen molar-refractivity contribution in [2.75, 3.05) is 0 Å². The van der Waals surface area contributed by atoms with Crippen LogP contribution >= 0.6 is 11.3 Å². The van der Waals surface area contributed by atoms with E-state index in [9.17, 15) is 9.18 Å². The molecule has 0 bridgehead atoms. The number of fused-ring (bicyclic) bond motifs is 1. The summed E-state index contributed by atoms with van der Waals surface area (Å²) in [5, 5.41) is 3.59. The zero-order valence-corrected chi connectivity index (χ0v) is 15.0. The molecule has 7 heteroatoms.